The van der Waals surface area contributed by atoms with E-state index >= 15 is 0 Å². The number of carbonyl (C=O) groups is 1. The minimum atomic E-state index is -3.39. The van der Waals surface area contributed by atoms with Crippen LogP contribution in [0.3, 0.4) is 0 Å². The van der Waals surface area contributed by atoms with E-state index in [0.29, 0.717) is 30.8 Å². The van der Waals surface area contributed by atoms with Gasteiger partial charge in [0.2, 0.25) is 15.9 Å². The number of amides is 1. The SMILES string of the molecule is O=C(CCc1ccc(S(=O)(=O)N2CCCCC2)cc1)Nc1ccsc1. The summed E-state index contributed by atoms with van der Waals surface area (Å²) in [6, 6.07) is 8.76. The highest BCUT2D eigenvalue weighted by Crippen LogP contribution is 2.21. The average molecular weight is 379 g/mol. The van der Waals surface area contributed by atoms with E-state index in [-0.39, 0.29) is 5.91 Å². The second kappa shape index (κ2) is 8.12. The molecule has 0 spiro atoms. The first-order valence-corrected chi connectivity index (χ1v) is 10.9. The molecule has 134 valence electrons. The van der Waals surface area contributed by atoms with Gasteiger partial charge in [0.05, 0.1) is 10.6 Å². The highest BCUT2D eigenvalue weighted by molar-refractivity contribution is 7.89. The summed E-state index contributed by atoms with van der Waals surface area (Å²) in [5.74, 6) is -0.0385. The van der Waals surface area contributed by atoms with Crippen molar-refractivity contribution in [3.8, 4) is 0 Å². The molecule has 3 rings (SSSR count). The minimum Gasteiger partial charge on any atom is -0.325 e. The molecule has 1 aromatic heterocycles. The van der Waals surface area contributed by atoms with Crippen LogP contribution in [-0.4, -0.2) is 31.7 Å². The number of aryl methyl sites for hydroxylation is 1. The lowest BCUT2D eigenvalue weighted by atomic mass is 10.1. The molecule has 1 aliphatic heterocycles. The minimum absolute atomic E-state index is 0.0385. The molecule has 2 aromatic rings. The summed E-state index contributed by atoms with van der Waals surface area (Å²) in [5.41, 5.74) is 1.77. The number of benzene rings is 1. The second-order valence-electron chi connectivity index (χ2n) is 6.17. The van der Waals surface area contributed by atoms with Gasteiger partial charge in [0.1, 0.15) is 0 Å². The quantitative estimate of drug-likeness (QED) is 0.837. The van der Waals surface area contributed by atoms with Gasteiger partial charge in [-0.3, -0.25) is 4.79 Å². The molecule has 25 heavy (non-hydrogen) atoms. The molecule has 0 unspecified atom stereocenters. The fourth-order valence-electron chi connectivity index (χ4n) is 2.90. The first kappa shape index (κ1) is 18.1. The Labute approximate surface area is 152 Å². The molecule has 1 amide bonds. The maximum absolute atomic E-state index is 12.6. The van der Waals surface area contributed by atoms with Gasteiger partial charge in [0.25, 0.3) is 0 Å². The molecule has 1 N–H and O–H groups in total. The number of anilines is 1. The van der Waals surface area contributed by atoms with E-state index in [4.69, 9.17) is 0 Å². The van der Waals surface area contributed by atoms with Crippen LogP contribution in [0, 0.1) is 0 Å². The predicted octanol–water partition coefficient (Wildman–Crippen LogP) is 3.49. The Balaban J connectivity index is 1.57. The first-order valence-electron chi connectivity index (χ1n) is 8.47. The lowest BCUT2D eigenvalue weighted by molar-refractivity contribution is -0.116. The lowest BCUT2D eigenvalue weighted by Gasteiger charge is -2.25. The predicted molar refractivity (Wildman–Crippen MR) is 100 cm³/mol. The Morgan fingerprint density at radius 3 is 2.44 bits per heavy atom. The Hall–Kier alpha value is -1.70. The molecule has 0 radical (unpaired) electrons. The van der Waals surface area contributed by atoms with E-state index in [1.807, 2.05) is 16.8 Å². The molecule has 0 aliphatic carbocycles. The van der Waals surface area contributed by atoms with Crippen LogP contribution in [0.1, 0.15) is 31.2 Å². The van der Waals surface area contributed by atoms with Crippen LogP contribution in [0.15, 0.2) is 46.0 Å². The molecule has 0 atom stereocenters. The lowest BCUT2D eigenvalue weighted by Crippen LogP contribution is -2.35. The van der Waals surface area contributed by atoms with Gasteiger partial charge in [-0.15, -0.1) is 0 Å². The largest absolute Gasteiger partial charge is 0.325 e. The van der Waals surface area contributed by atoms with Gasteiger partial charge in [0.15, 0.2) is 0 Å². The van der Waals surface area contributed by atoms with Crippen molar-refractivity contribution in [1.82, 2.24) is 4.31 Å². The van der Waals surface area contributed by atoms with Crippen LogP contribution in [0.25, 0.3) is 0 Å². The third-order valence-corrected chi connectivity index (χ3v) is 6.92. The summed E-state index contributed by atoms with van der Waals surface area (Å²) in [6.45, 7) is 1.21. The molecule has 0 bridgehead atoms. The third-order valence-electron chi connectivity index (χ3n) is 4.32. The zero-order valence-corrected chi connectivity index (χ0v) is 15.6. The average Bonchev–Trinajstić information content (AvgIpc) is 3.14. The van der Waals surface area contributed by atoms with Gasteiger partial charge >= 0.3 is 0 Å². The fourth-order valence-corrected chi connectivity index (χ4v) is 5.00. The summed E-state index contributed by atoms with van der Waals surface area (Å²) in [7, 11) is -3.39. The molecule has 2 heterocycles. The molecular formula is C18H22N2O3S2. The number of piperidine rings is 1. The molecule has 1 fully saturated rings. The molecule has 1 saturated heterocycles. The van der Waals surface area contributed by atoms with Gasteiger partial charge in [-0.05, 0) is 48.4 Å². The van der Waals surface area contributed by atoms with E-state index in [2.05, 4.69) is 5.32 Å². The molecular weight excluding hydrogens is 356 g/mol. The number of rotatable bonds is 6. The number of thiophene rings is 1. The number of sulfonamides is 1. The summed E-state index contributed by atoms with van der Waals surface area (Å²) >= 11 is 1.54. The van der Waals surface area contributed by atoms with Crippen molar-refractivity contribution in [3.63, 3.8) is 0 Å². The highest BCUT2D eigenvalue weighted by atomic mass is 32.2. The van der Waals surface area contributed by atoms with Crippen molar-refractivity contribution in [2.24, 2.45) is 0 Å². The monoisotopic (exact) mass is 378 g/mol. The number of hydrogen-bond donors (Lipinski definition) is 1. The van der Waals surface area contributed by atoms with E-state index in [9.17, 15) is 13.2 Å². The number of nitrogens with zero attached hydrogens (tertiary/aromatic N) is 1. The standard InChI is InChI=1S/C18H22N2O3S2/c21-18(19-16-10-13-24-14-16)9-6-15-4-7-17(8-5-15)25(22,23)20-11-2-1-3-12-20/h4-5,7-8,10,13-14H,1-3,6,9,11-12H2,(H,19,21). The number of nitrogens with one attached hydrogen (secondary N) is 1. The second-order valence-corrected chi connectivity index (χ2v) is 8.89. The van der Waals surface area contributed by atoms with Gasteiger partial charge in [0, 0.05) is 24.9 Å². The van der Waals surface area contributed by atoms with Crippen LogP contribution in [-0.2, 0) is 21.2 Å². The molecule has 0 saturated carbocycles. The van der Waals surface area contributed by atoms with E-state index in [0.717, 1.165) is 30.5 Å². The van der Waals surface area contributed by atoms with Crippen molar-refractivity contribution in [3.05, 3.63) is 46.7 Å². The van der Waals surface area contributed by atoms with E-state index in [1.165, 1.54) is 11.3 Å². The third kappa shape index (κ3) is 4.68. The van der Waals surface area contributed by atoms with E-state index < -0.39 is 10.0 Å². The maximum atomic E-state index is 12.6. The van der Waals surface area contributed by atoms with Crippen LogP contribution in [0.4, 0.5) is 5.69 Å². The van der Waals surface area contributed by atoms with Gasteiger partial charge in [-0.25, -0.2) is 8.42 Å². The summed E-state index contributed by atoms with van der Waals surface area (Å²) < 4.78 is 26.8. The fraction of sp³-hybridized carbons (Fsp3) is 0.389. The summed E-state index contributed by atoms with van der Waals surface area (Å²) in [6.07, 6.45) is 3.90. The molecule has 5 nitrogen and oxygen atoms in total. The van der Waals surface area contributed by atoms with Crippen molar-refractivity contribution >= 4 is 33.0 Å². The zero-order chi connectivity index (χ0) is 17.7. The summed E-state index contributed by atoms with van der Waals surface area (Å²) in [5, 5.41) is 6.64. The zero-order valence-electron chi connectivity index (χ0n) is 14.0. The van der Waals surface area contributed by atoms with Crippen LogP contribution in [0.2, 0.25) is 0 Å². The first-order chi connectivity index (χ1) is 12.1. The molecule has 1 aromatic carbocycles. The van der Waals surface area contributed by atoms with Gasteiger partial charge < -0.3 is 5.32 Å². The smallest absolute Gasteiger partial charge is 0.243 e. The van der Waals surface area contributed by atoms with Gasteiger partial charge in [-0.1, -0.05) is 18.6 Å². The van der Waals surface area contributed by atoms with Crippen LogP contribution < -0.4 is 5.32 Å². The Bertz CT molecular complexity index is 793. The number of hydrogen-bond acceptors (Lipinski definition) is 4. The Morgan fingerprint density at radius 1 is 1.08 bits per heavy atom. The van der Waals surface area contributed by atoms with Crippen LogP contribution in [0.5, 0.6) is 0 Å². The number of carbonyl (C=O) groups excluding carboxylic acids is 1. The highest BCUT2D eigenvalue weighted by Gasteiger charge is 2.25. The van der Waals surface area contributed by atoms with Crippen molar-refractivity contribution in [2.75, 3.05) is 18.4 Å². The van der Waals surface area contributed by atoms with Crippen LogP contribution >= 0.6 is 11.3 Å². The topological polar surface area (TPSA) is 66.5 Å². The van der Waals surface area contributed by atoms with Gasteiger partial charge in [-0.2, -0.15) is 15.6 Å². The summed E-state index contributed by atoms with van der Waals surface area (Å²) in [4.78, 5) is 12.2. The molecule has 1 aliphatic rings. The van der Waals surface area contributed by atoms with Crippen molar-refractivity contribution in [1.29, 1.82) is 0 Å². The van der Waals surface area contributed by atoms with E-state index in [1.54, 1.807) is 28.6 Å². The van der Waals surface area contributed by atoms with Crippen molar-refractivity contribution in [2.45, 2.75) is 37.0 Å². The normalized spacial score (nSPS) is 15.8. The van der Waals surface area contributed by atoms with Crippen molar-refractivity contribution < 1.29 is 13.2 Å². The maximum Gasteiger partial charge on any atom is 0.243 e. The Kier molecular flexibility index (Phi) is 5.88. The Morgan fingerprint density at radius 2 is 1.80 bits per heavy atom. The molecule has 7 heteroatoms.